The molecule has 0 N–H and O–H groups in total. The summed E-state index contributed by atoms with van der Waals surface area (Å²) >= 11 is 0. The third kappa shape index (κ3) is 3.20. The molecule has 0 amide bonds. The largest absolute Gasteiger partial charge is 0.407 e. The summed E-state index contributed by atoms with van der Waals surface area (Å²) in [5, 5.41) is 1.26. The van der Waals surface area contributed by atoms with Crippen molar-refractivity contribution in [2.24, 2.45) is 0 Å². The molecule has 0 bridgehead atoms. The average molecular weight is 266 g/mol. The standard InChI is InChI=1S/C14H22O3Si/c1-4-5-6-7-8-12-11-13(18(2,3)17-12)14-15-9-10-16-14/h4-6,11-12,14H,1,7-10H2,2-3H3/b6-5+. The van der Waals surface area contributed by atoms with Gasteiger partial charge in [-0.3, -0.25) is 0 Å². The summed E-state index contributed by atoms with van der Waals surface area (Å²) in [7, 11) is -1.80. The maximum Gasteiger partial charge on any atom is 0.219 e. The summed E-state index contributed by atoms with van der Waals surface area (Å²) in [6, 6.07) is 0. The Kier molecular flexibility index (Phi) is 4.56. The summed E-state index contributed by atoms with van der Waals surface area (Å²) in [6.07, 6.45) is 10.2. The predicted molar refractivity (Wildman–Crippen MR) is 74.7 cm³/mol. The van der Waals surface area contributed by atoms with Crippen LogP contribution < -0.4 is 0 Å². The first-order valence-corrected chi connectivity index (χ1v) is 9.45. The van der Waals surface area contributed by atoms with Gasteiger partial charge in [-0.25, -0.2) is 0 Å². The molecule has 0 aliphatic carbocycles. The van der Waals surface area contributed by atoms with E-state index in [1.165, 1.54) is 5.20 Å². The smallest absolute Gasteiger partial charge is 0.219 e. The highest BCUT2D eigenvalue weighted by molar-refractivity contribution is 6.79. The molecule has 0 radical (unpaired) electrons. The van der Waals surface area contributed by atoms with Crippen molar-refractivity contribution in [1.29, 1.82) is 0 Å². The molecule has 0 aromatic rings. The second-order valence-corrected chi connectivity index (χ2v) is 8.94. The van der Waals surface area contributed by atoms with E-state index in [0.29, 0.717) is 13.2 Å². The van der Waals surface area contributed by atoms with Crippen molar-refractivity contribution in [2.45, 2.75) is 38.3 Å². The first kappa shape index (κ1) is 13.7. The summed E-state index contributed by atoms with van der Waals surface area (Å²) in [6.45, 7) is 9.47. The van der Waals surface area contributed by atoms with Crippen molar-refractivity contribution in [3.05, 3.63) is 36.1 Å². The van der Waals surface area contributed by atoms with Crippen LogP contribution in [0.15, 0.2) is 36.1 Å². The summed E-state index contributed by atoms with van der Waals surface area (Å²) < 4.78 is 17.4. The molecule has 2 aliphatic rings. The Morgan fingerprint density at radius 1 is 1.39 bits per heavy atom. The molecule has 18 heavy (non-hydrogen) atoms. The number of hydrogen-bond donors (Lipinski definition) is 0. The second-order valence-electron chi connectivity index (χ2n) is 5.10. The van der Waals surface area contributed by atoms with Crippen LogP contribution in [0.2, 0.25) is 13.1 Å². The van der Waals surface area contributed by atoms with Crippen molar-refractivity contribution in [2.75, 3.05) is 13.2 Å². The lowest BCUT2D eigenvalue weighted by atomic mass is 10.2. The van der Waals surface area contributed by atoms with Crippen molar-refractivity contribution in [1.82, 2.24) is 0 Å². The van der Waals surface area contributed by atoms with Gasteiger partial charge in [0.15, 0.2) is 6.29 Å². The quantitative estimate of drug-likeness (QED) is 0.565. The Labute approximate surface area is 110 Å². The zero-order valence-corrected chi connectivity index (χ0v) is 12.2. The van der Waals surface area contributed by atoms with E-state index in [2.05, 4.69) is 31.8 Å². The molecule has 1 unspecified atom stereocenters. The molecule has 2 aliphatic heterocycles. The maximum absolute atomic E-state index is 6.18. The lowest BCUT2D eigenvalue weighted by Crippen LogP contribution is -2.36. The Hall–Kier alpha value is -0.683. The van der Waals surface area contributed by atoms with Crippen LogP contribution in [0.5, 0.6) is 0 Å². The highest BCUT2D eigenvalue weighted by Crippen LogP contribution is 2.33. The fraction of sp³-hybridized carbons (Fsp3) is 0.571. The van der Waals surface area contributed by atoms with E-state index in [4.69, 9.17) is 13.9 Å². The molecule has 1 atom stereocenters. The fourth-order valence-corrected chi connectivity index (χ4v) is 4.78. The van der Waals surface area contributed by atoms with Gasteiger partial charge in [0.1, 0.15) is 0 Å². The van der Waals surface area contributed by atoms with Gasteiger partial charge in [-0.2, -0.15) is 0 Å². The maximum atomic E-state index is 6.18. The Bertz CT molecular complexity index is 354. The molecule has 1 fully saturated rings. The lowest BCUT2D eigenvalue weighted by molar-refractivity contribution is -0.00663. The number of allylic oxidation sites excluding steroid dienone is 3. The number of ether oxygens (including phenoxy) is 2. The molecule has 0 spiro atoms. The zero-order valence-electron chi connectivity index (χ0n) is 11.2. The Morgan fingerprint density at radius 3 is 2.78 bits per heavy atom. The van der Waals surface area contributed by atoms with E-state index in [-0.39, 0.29) is 12.4 Å². The zero-order chi connectivity index (χ0) is 13.0. The number of hydrogen-bond acceptors (Lipinski definition) is 3. The van der Waals surface area contributed by atoms with Gasteiger partial charge in [0.25, 0.3) is 0 Å². The minimum Gasteiger partial charge on any atom is -0.407 e. The highest BCUT2D eigenvalue weighted by Gasteiger charge is 2.42. The molecule has 3 nitrogen and oxygen atoms in total. The molecule has 0 aromatic heterocycles. The molecule has 0 saturated carbocycles. The van der Waals surface area contributed by atoms with Crippen LogP contribution in [0.1, 0.15) is 12.8 Å². The first-order valence-electron chi connectivity index (χ1n) is 6.54. The minimum absolute atomic E-state index is 0.152. The molecule has 2 heterocycles. The van der Waals surface area contributed by atoms with Crippen LogP contribution >= 0.6 is 0 Å². The van der Waals surface area contributed by atoms with E-state index in [0.717, 1.165) is 12.8 Å². The van der Waals surface area contributed by atoms with Gasteiger partial charge in [0.2, 0.25) is 8.32 Å². The normalized spacial score (nSPS) is 27.9. The second kappa shape index (κ2) is 5.97. The molecule has 100 valence electrons. The van der Waals surface area contributed by atoms with Crippen molar-refractivity contribution >= 4 is 8.32 Å². The van der Waals surface area contributed by atoms with Gasteiger partial charge in [0.05, 0.1) is 19.3 Å². The van der Waals surface area contributed by atoms with Gasteiger partial charge in [-0.05, 0) is 31.1 Å². The van der Waals surface area contributed by atoms with E-state index < -0.39 is 8.32 Å². The van der Waals surface area contributed by atoms with Crippen molar-refractivity contribution in [3.8, 4) is 0 Å². The summed E-state index contributed by atoms with van der Waals surface area (Å²) in [5.74, 6) is 0. The van der Waals surface area contributed by atoms with Gasteiger partial charge in [0, 0.05) is 0 Å². The fourth-order valence-electron chi connectivity index (χ4n) is 2.38. The third-order valence-corrected chi connectivity index (χ3v) is 5.96. The van der Waals surface area contributed by atoms with Crippen LogP contribution in [-0.4, -0.2) is 33.9 Å². The van der Waals surface area contributed by atoms with Gasteiger partial charge in [-0.15, -0.1) is 0 Å². The van der Waals surface area contributed by atoms with Gasteiger partial charge < -0.3 is 13.9 Å². The first-order chi connectivity index (χ1) is 8.63. The molecule has 4 heteroatoms. The predicted octanol–water partition coefficient (Wildman–Crippen LogP) is 2.95. The minimum atomic E-state index is -1.80. The van der Waals surface area contributed by atoms with E-state index in [1.807, 2.05) is 6.08 Å². The molecular formula is C14H22O3Si. The lowest BCUT2D eigenvalue weighted by Gasteiger charge is -2.23. The van der Waals surface area contributed by atoms with E-state index in [9.17, 15) is 0 Å². The third-order valence-electron chi connectivity index (χ3n) is 3.27. The Morgan fingerprint density at radius 2 is 2.11 bits per heavy atom. The molecular weight excluding hydrogens is 244 g/mol. The van der Waals surface area contributed by atoms with Gasteiger partial charge in [-0.1, -0.05) is 30.9 Å². The monoisotopic (exact) mass is 266 g/mol. The SMILES string of the molecule is C=C/C=C/CCC1C=C(C2OCCO2)[Si](C)(C)O1. The van der Waals surface area contributed by atoms with Crippen LogP contribution in [0, 0.1) is 0 Å². The van der Waals surface area contributed by atoms with E-state index >= 15 is 0 Å². The van der Waals surface area contributed by atoms with Crippen LogP contribution in [-0.2, 0) is 13.9 Å². The topological polar surface area (TPSA) is 27.7 Å². The molecule has 1 saturated heterocycles. The van der Waals surface area contributed by atoms with Crippen molar-refractivity contribution < 1.29 is 13.9 Å². The van der Waals surface area contributed by atoms with Gasteiger partial charge >= 0.3 is 0 Å². The van der Waals surface area contributed by atoms with E-state index in [1.54, 1.807) is 6.08 Å². The summed E-state index contributed by atoms with van der Waals surface area (Å²) in [5.41, 5.74) is 0. The average Bonchev–Trinajstić information content (AvgIpc) is 2.91. The van der Waals surface area contributed by atoms with Crippen LogP contribution in [0.4, 0.5) is 0 Å². The number of rotatable bonds is 5. The molecule has 2 rings (SSSR count). The van der Waals surface area contributed by atoms with Crippen LogP contribution in [0.3, 0.4) is 0 Å². The Balaban J connectivity index is 1.94. The highest BCUT2D eigenvalue weighted by atomic mass is 28.4. The van der Waals surface area contributed by atoms with Crippen molar-refractivity contribution in [3.63, 3.8) is 0 Å². The molecule has 0 aromatic carbocycles. The van der Waals surface area contributed by atoms with Crippen LogP contribution in [0.25, 0.3) is 0 Å². The summed E-state index contributed by atoms with van der Waals surface area (Å²) in [4.78, 5) is 0.